The summed E-state index contributed by atoms with van der Waals surface area (Å²) in [6, 6.07) is 13.7. The average Bonchev–Trinajstić information content (AvgIpc) is 3.40. The monoisotopic (exact) mass is 477 g/mol. The van der Waals surface area contributed by atoms with Crippen LogP contribution in [0.25, 0.3) is 0 Å². The first-order valence-corrected chi connectivity index (χ1v) is 11.3. The number of carbonyl (C=O) groups excluding carboxylic acids is 1. The Kier molecular flexibility index (Phi) is 6.77. The Morgan fingerprint density at radius 2 is 1.97 bits per heavy atom. The number of amides is 1. The minimum Gasteiger partial charge on any atom is -0.395 e. The number of fused-ring (bicyclic) bond motifs is 1. The Labute approximate surface area is 202 Å². The lowest BCUT2D eigenvalue weighted by Gasteiger charge is -2.26. The van der Waals surface area contributed by atoms with Crippen molar-refractivity contribution in [1.82, 2.24) is 15.0 Å². The second-order valence-electron chi connectivity index (χ2n) is 8.65. The molecule has 2 N–H and O–H groups in total. The van der Waals surface area contributed by atoms with E-state index in [1.54, 1.807) is 30.9 Å². The second kappa shape index (κ2) is 9.77. The summed E-state index contributed by atoms with van der Waals surface area (Å²) >= 11 is 0. The van der Waals surface area contributed by atoms with Gasteiger partial charge in [0.15, 0.2) is 5.60 Å². The quantitative estimate of drug-likeness (QED) is 0.275. The molecule has 1 unspecified atom stereocenters. The fraction of sp³-hybridized carbons (Fsp3) is 0.320. The van der Waals surface area contributed by atoms with Gasteiger partial charge in [0, 0.05) is 43.4 Å². The van der Waals surface area contributed by atoms with Crippen molar-refractivity contribution in [3.05, 3.63) is 93.8 Å². The molecule has 2 heterocycles. The van der Waals surface area contributed by atoms with Crippen molar-refractivity contribution >= 4 is 17.3 Å². The van der Waals surface area contributed by atoms with Crippen molar-refractivity contribution in [2.24, 2.45) is 5.92 Å². The minimum atomic E-state index is -1.89. The normalized spacial score (nSPS) is 19.2. The summed E-state index contributed by atoms with van der Waals surface area (Å²) in [6.45, 7) is 2.13. The zero-order valence-electron chi connectivity index (χ0n) is 19.5. The molecule has 0 aliphatic carbocycles. The Balaban J connectivity index is 1.44. The van der Waals surface area contributed by atoms with Crippen LogP contribution in [-0.2, 0) is 16.9 Å². The minimum absolute atomic E-state index is 0.0825. The van der Waals surface area contributed by atoms with Gasteiger partial charge in [-0.3, -0.25) is 19.6 Å². The average molecular weight is 478 g/mol. The molecule has 0 radical (unpaired) electrons. The van der Waals surface area contributed by atoms with Crippen LogP contribution in [0.15, 0.2) is 66.9 Å². The van der Waals surface area contributed by atoms with Crippen molar-refractivity contribution in [3.8, 4) is 0 Å². The van der Waals surface area contributed by atoms with Gasteiger partial charge in [0.25, 0.3) is 11.6 Å². The number of hydrogen-bond donors (Lipinski definition) is 2. The number of carbonyl (C=O) groups is 1. The number of aryl methyl sites for hydroxylation is 1. The van der Waals surface area contributed by atoms with Gasteiger partial charge in [-0.25, -0.2) is 0 Å². The van der Waals surface area contributed by atoms with E-state index in [4.69, 9.17) is 0 Å². The van der Waals surface area contributed by atoms with Gasteiger partial charge < -0.3 is 15.1 Å². The molecule has 10 nitrogen and oxygen atoms in total. The molecule has 0 saturated heterocycles. The number of non-ortho nitro benzene ring substituents is 1. The van der Waals surface area contributed by atoms with Crippen LogP contribution in [0.1, 0.15) is 36.1 Å². The fourth-order valence-corrected chi connectivity index (χ4v) is 4.44. The zero-order chi connectivity index (χ0) is 25.2. The predicted octanol–water partition coefficient (Wildman–Crippen LogP) is 2.76. The van der Waals surface area contributed by atoms with E-state index in [0.29, 0.717) is 24.3 Å². The first-order chi connectivity index (χ1) is 16.8. The third kappa shape index (κ3) is 4.45. The van der Waals surface area contributed by atoms with Crippen molar-refractivity contribution in [2.45, 2.75) is 31.4 Å². The molecule has 4 rings (SSSR count). The Hall–Kier alpha value is -3.89. The van der Waals surface area contributed by atoms with E-state index in [-0.39, 0.29) is 23.8 Å². The topological polar surface area (TPSA) is 135 Å². The predicted molar refractivity (Wildman–Crippen MR) is 129 cm³/mol. The molecule has 1 aromatic heterocycles. The molecule has 0 fully saturated rings. The third-order valence-electron chi connectivity index (χ3n) is 6.50. The summed E-state index contributed by atoms with van der Waals surface area (Å²) in [4.78, 5) is 24.9. The summed E-state index contributed by atoms with van der Waals surface area (Å²) in [5, 5.41) is 40.7. The first-order valence-electron chi connectivity index (χ1n) is 11.3. The van der Waals surface area contributed by atoms with Gasteiger partial charge in [-0.15, -0.1) is 5.10 Å². The summed E-state index contributed by atoms with van der Waals surface area (Å²) < 4.78 is 1.68. The highest BCUT2D eigenvalue weighted by Gasteiger charge is 2.52. The molecule has 1 aliphatic heterocycles. The molecule has 1 aliphatic rings. The van der Waals surface area contributed by atoms with Crippen LogP contribution >= 0.6 is 0 Å². The molecule has 182 valence electrons. The SMILES string of the molecule is C[C@@H](/C=C/CCn1cc(C(CO)c2ccccc2)nn1)[C@]1(O)C(=O)N(C)c2ccc([N+](=O)[O-])cc21. The molecular weight excluding hydrogens is 450 g/mol. The Morgan fingerprint density at radius 1 is 1.23 bits per heavy atom. The third-order valence-corrected chi connectivity index (χ3v) is 6.50. The van der Waals surface area contributed by atoms with Crippen LogP contribution in [0.3, 0.4) is 0 Å². The van der Waals surface area contributed by atoms with E-state index in [2.05, 4.69) is 10.3 Å². The summed E-state index contributed by atoms with van der Waals surface area (Å²) in [6.07, 6.45) is 5.93. The molecule has 3 aromatic rings. The summed E-state index contributed by atoms with van der Waals surface area (Å²) in [5.74, 6) is -1.41. The number of rotatable bonds is 9. The van der Waals surface area contributed by atoms with Gasteiger partial charge in [0.05, 0.1) is 28.8 Å². The lowest BCUT2D eigenvalue weighted by atomic mass is 9.82. The van der Waals surface area contributed by atoms with E-state index in [9.17, 15) is 25.1 Å². The van der Waals surface area contributed by atoms with Gasteiger partial charge in [-0.2, -0.15) is 0 Å². The smallest absolute Gasteiger partial charge is 0.269 e. The van der Waals surface area contributed by atoms with E-state index in [1.807, 2.05) is 36.4 Å². The maximum atomic E-state index is 12.9. The number of likely N-dealkylation sites (N-methyl/N-ethyl adjacent to an activating group) is 1. The van der Waals surface area contributed by atoms with Gasteiger partial charge in [-0.05, 0) is 18.1 Å². The summed E-state index contributed by atoms with van der Waals surface area (Å²) in [5.41, 5.74) is 0.236. The van der Waals surface area contributed by atoms with Crippen LogP contribution < -0.4 is 4.90 Å². The van der Waals surface area contributed by atoms with Crippen LogP contribution in [0.2, 0.25) is 0 Å². The van der Waals surface area contributed by atoms with E-state index in [1.165, 1.54) is 23.1 Å². The highest BCUT2D eigenvalue weighted by Crippen LogP contribution is 2.45. The van der Waals surface area contributed by atoms with Crippen molar-refractivity contribution in [3.63, 3.8) is 0 Å². The molecule has 0 spiro atoms. The number of anilines is 1. The van der Waals surface area contributed by atoms with Crippen LogP contribution in [0, 0.1) is 16.0 Å². The van der Waals surface area contributed by atoms with E-state index >= 15 is 0 Å². The fourth-order valence-electron chi connectivity index (χ4n) is 4.44. The number of benzene rings is 2. The van der Waals surface area contributed by atoms with Gasteiger partial charge >= 0.3 is 0 Å². The Morgan fingerprint density at radius 3 is 2.66 bits per heavy atom. The molecule has 2 aromatic carbocycles. The van der Waals surface area contributed by atoms with Crippen molar-refractivity contribution in [1.29, 1.82) is 0 Å². The standard InChI is InChI=1S/C25H27N5O5/c1-17(25(33)21-14-19(30(34)35)11-12-23(21)28(2)24(25)32)8-6-7-13-29-15-22(26-27-29)20(16-31)18-9-4-3-5-10-18/h3-6,8-12,14-15,17,20,31,33H,7,13,16H2,1-2H3/b8-6+/t17-,20?,25+/m0/s1. The Bertz CT molecular complexity index is 1260. The number of nitrogens with zero attached hydrogens (tertiary/aromatic N) is 5. The van der Waals surface area contributed by atoms with Gasteiger partial charge in [-0.1, -0.05) is 54.6 Å². The maximum Gasteiger partial charge on any atom is 0.269 e. The zero-order valence-corrected chi connectivity index (χ0v) is 19.5. The van der Waals surface area contributed by atoms with Crippen LogP contribution in [-0.4, -0.2) is 49.7 Å². The molecule has 1 amide bonds. The number of aliphatic hydroxyl groups excluding tert-OH is 1. The van der Waals surface area contributed by atoms with E-state index in [0.717, 1.165) is 5.56 Å². The van der Waals surface area contributed by atoms with Crippen LogP contribution in [0.5, 0.6) is 0 Å². The van der Waals surface area contributed by atoms with Gasteiger partial charge in [0.2, 0.25) is 0 Å². The summed E-state index contributed by atoms with van der Waals surface area (Å²) in [7, 11) is 1.54. The van der Waals surface area contributed by atoms with E-state index < -0.39 is 22.3 Å². The second-order valence-corrected chi connectivity index (χ2v) is 8.65. The molecular formula is C25H27N5O5. The lowest BCUT2D eigenvalue weighted by molar-refractivity contribution is -0.385. The lowest BCUT2D eigenvalue weighted by Crippen LogP contribution is -2.43. The number of allylic oxidation sites excluding steroid dienone is 1. The molecule has 0 saturated carbocycles. The first kappa shape index (κ1) is 24.2. The number of aromatic nitrogens is 3. The number of aliphatic hydroxyl groups is 2. The highest BCUT2D eigenvalue weighted by molar-refractivity contribution is 6.07. The van der Waals surface area contributed by atoms with Crippen LogP contribution in [0.4, 0.5) is 11.4 Å². The molecule has 35 heavy (non-hydrogen) atoms. The largest absolute Gasteiger partial charge is 0.395 e. The number of nitro benzene ring substituents is 1. The highest BCUT2D eigenvalue weighted by atomic mass is 16.6. The van der Waals surface area contributed by atoms with Gasteiger partial charge in [0.1, 0.15) is 0 Å². The number of nitro groups is 1. The van der Waals surface area contributed by atoms with Crippen molar-refractivity contribution in [2.75, 3.05) is 18.6 Å². The maximum absolute atomic E-state index is 12.9. The molecule has 0 bridgehead atoms. The number of hydrogen-bond acceptors (Lipinski definition) is 7. The molecule has 3 atom stereocenters. The van der Waals surface area contributed by atoms with Crippen molar-refractivity contribution < 1.29 is 19.9 Å². The molecule has 10 heteroatoms.